The molecule has 31 heavy (non-hydrogen) atoms. The molecule has 0 radical (unpaired) electrons. The second-order valence-electron chi connectivity index (χ2n) is 6.22. The minimum Gasteiger partial charge on any atom is -0.490 e. The summed E-state index contributed by atoms with van der Waals surface area (Å²) in [6.07, 6.45) is 1.37. The first-order valence-corrected chi connectivity index (χ1v) is 10.8. The molecular weight excluding hydrogens is 483 g/mol. The van der Waals surface area contributed by atoms with Crippen molar-refractivity contribution in [2.75, 3.05) is 18.1 Å². The number of nitrogens with zero attached hydrogens (tertiary/aromatic N) is 1. The van der Waals surface area contributed by atoms with Crippen molar-refractivity contribution < 1.29 is 19.1 Å². The van der Waals surface area contributed by atoms with Crippen LogP contribution in [-0.4, -0.2) is 30.1 Å². The fourth-order valence-electron chi connectivity index (χ4n) is 2.89. The SMILES string of the molecule is CCOc1cc(Cl)c(/C=C2\C(=O)NC(=S)N(c3cccc(Cl)c3Cl)C2=O)cc1OCC. The van der Waals surface area contributed by atoms with Crippen LogP contribution in [0, 0.1) is 0 Å². The molecule has 1 N–H and O–H groups in total. The maximum Gasteiger partial charge on any atom is 0.270 e. The lowest BCUT2D eigenvalue weighted by Gasteiger charge is -2.29. The lowest BCUT2D eigenvalue weighted by molar-refractivity contribution is -0.122. The number of carbonyl (C=O) groups is 2. The molecule has 1 fully saturated rings. The molecule has 6 nitrogen and oxygen atoms in total. The fourth-order valence-corrected chi connectivity index (χ4v) is 3.76. The van der Waals surface area contributed by atoms with E-state index in [0.717, 1.165) is 4.90 Å². The lowest BCUT2D eigenvalue weighted by Crippen LogP contribution is -2.54. The molecule has 1 aliphatic heterocycles. The Morgan fingerprint density at radius 1 is 1.03 bits per heavy atom. The molecule has 0 aromatic heterocycles. The number of thiocarbonyl (C=S) groups is 1. The third kappa shape index (κ3) is 4.80. The summed E-state index contributed by atoms with van der Waals surface area (Å²) in [7, 11) is 0. The Hall–Kier alpha value is -2.32. The van der Waals surface area contributed by atoms with E-state index in [4.69, 9.17) is 56.5 Å². The smallest absolute Gasteiger partial charge is 0.270 e. The number of benzene rings is 2. The van der Waals surface area contributed by atoms with E-state index in [1.54, 1.807) is 30.3 Å². The second kappa shape index (κ2) is 9.87. The Balaban J connectivity index is 2.08. The number of nitrogens with one attached hydrogen (secondary N) is 1. The largest absolute Gasteiger partial charge is 0.490 e. The van der Waals surface area contributed by atoms with Crippen molar-refractivity contribution in [1.82, 2.24) is 5.32 Å². The third-order valence-electron chi connectivity index (χ3n) is 4.24. The van der Waals surface area contributed by atoms with E-state index in [2.05, 4.69) is 5.32 Å². The summed E-state index contributed by atoms with van der Waals surface area (Å²) in [4.78, 5) is 26.9. The molecular formula is C21H17Cl3N2O4S. The van der Waals surface area contributed by atoms with Crippen LogP contribution in [0.2, 0.25) is 15.1 Å². The topological polar surface area (TPSA) is 67.9 Å². The summed E-state index contributed by atoms with van der Waals surface area (Å²) >= 11 is 23.9. The minimum absolute atomic E-state index is 0.107. The predicted octanol–water partition coefficient (Wildman–Crippen LogP) is 5.28. The number of hydrogen-bond donors (Lipinski definition) is 1. The summed E-state index contributed by atoms with van der Waals surface area (Å²) in [6.45, 7) is 4.48. The molecule has 0 saturated carbocycles. The molecule has 2 aromatic carbocycles. The van der Waals surface area contributed by atoms with E-state index in [1.165, 1.54) is 6.08 Å². The van der Waals surface area contributed by atoms with E-state index >= 15 is 0 Å². The molecule has 0 spiro atoms. The summed E-state index contributed by atoms with van der Waals surface area (Å²) in [5, 5.41) is 3.04. The Morgan fingerprint density at radius 3 is 2.32 bits per heavy atom. The summed E-state index contributed by atoms with van der Waals surface area (Å²) < 4.78 is 11.1. The van der Waals surface area contributed by atoms with Gasteiger partial charge in [0.05, 0.1) is 34.0 Å². The summed E-state index contributed by atoms with van der Waals surface area (Å²) in [5.74, 6) is -0.424. The van der Waals surface area contributed by atoms with Gasteiger partial charge in [-0.05, 0) is 55.9 Å². The number of amides is 2. The molecule has 162 valence electrons. The number of hydrogen-bond acceptors (Lipinski definition) is 5. The van der Waals surface area contributed by atoms with Crippen LogP contribution in [0.1, 0.15) is 19.4 Å². The monoisotopic (exact) mass is 498 g/mol. The van der Waals surface area contributed by atoms with Crippen LogP contribution < -0.4 is 19.7 Å². The van der Waals surface area contributed by atoms with Crippen LogP contribution in [0.3, 0.4) is 0 Å². The number of anilines is 1. The number of ether oxygens (including phenoxy) is 2. The first kappa shape index (κ1) is 23.3. The number of carbonyl (C=O) groups excluding carboxylic acids is 2. The van der Waals surface area contributed by atoms with Crippen LogP contribution in [-0.2, 0) is 9.59 Å². The van der Waals surface area contributed by atoms with Crippen molar-refractivity contribution in [1.29, 1.82) is 0 Å². The first-order chi connectivity index (χ1) is 14.8. The molecule has 2 aromatic rings. The van der Waals surface area contributed by atoms with Crippen LogP contribution in [0.5, 0.6) is 11.5 Å². The van der Waals surface area contributed by atoms with E-state index < -0.39 is 11.8 Å². The highest BCUT2D eigenvalue weighted by atomic mass is 35.5. The van der Waals surface area contributed by atoms with Crippen LogP contribution in [0.25, 0.3) is 6.08 Å². The molecule has 0 atom stereocenters. The molecule has 10 heteroatoms. The van der Waals surface area contributed by atoms with Crippen LogP contribution in [0.15, 0.2) is 35.9 Å². The van der Waals surface area contributed by atoms with Crippen molar-refractivity contribution in [3.05, 3.63) is 56.5 Å². The van der Waals surface area contributed by atoms with Gasteiger partial charge in [0.2, 0.25) is 0 Å². The van der Waals surface area contributed by atoms with Gasteiger partial charge in [-0.1, -0.05) is 40.9 Å². The highest BCUT2D eigenvalue weighted by Crippen LogP contribution is 2.37. The van der Waals surface area contributed by atoms with E-state index in [1.807, 2.05) is 13.8 Å². The third-order valence-corrected chi connectivity index (χ3v) is 5.66. The maximum atomic E-state index is 13.2. The zero-order valence-corrected chi connectivity index (χ0v) is 19.6. The van der Waals surface area contributed by atoms with E-state index in [0.29, 0.717) is 30.3 Å². The molecule has 1 heterocycles. The van der Waals surface area contributed by atoms with Gasteiger partial charge in [0.25, 0.3) is 11.8 Å². The van der Waals surface area contributed by atoms with Crippen molar-refractivity contribution in [3.63, 3.8) is 0 Å². The van der Waals surface area contributed by atoms with Gasteiger partial charge in [0.15, 0.2) is 16.6 Å². The van der Waals surface area contributed by atoms with Crippen LogP contribution in [0.4, 0.5) is 5.69 Å². The van der Waals surface area contributed by atoms with Gasteiger partial charge >= 0.3 is 0 Å². The molecule has 3 rings (SSSR count). The molecule has 0 unspecified atom stereocenters. The average molecular weight is 500 g/mol. The van der Waals surface area contributed by atoms with Crippen molar-refractivity contribution in [3.8, 4) is 11.5 Å². The Kier molecular flexibility index (Phi) is 7.43. The summed E-state index contributed by atoms with van der Waals surface area (Å²) in [5.41, 5.74) is 0.470. The van der Waals surface area contributed by atoms with Gasteiger partial charge in [0, 0.05) is 6.07 Å². The molecule has 1 aliphatic rings. The van der Waals surface area contributed by atoms with Gasteiger partial charge in [-0.15, -0.1) is 0 Å². The standard InChI is InChI=1S/C21H17Cl3N2O4S/c1-3-29-16-9-11(14(23)10-17(16)30-4-2)8-12-19(27)25-21(31)26(20(12)28)15-7-5-6-13(22)18(15)24/h5-10H,3-4H2,1-2H3,(H,25,27,31)/b12-8+. The normalized spacial score (nSPS) is 15.3. The van der Waals surface area contributed by atoms with Crippen LogP contribution >= 0.6 is 47.0 Å². The fraction of sp³-hybridized carbons (Fsp3) is 0.190. The van der Waals surface area contributed by atoms with Gasteiger partial charge in [-0.3, -0.25) is 19.8 Å². The highest BCUT2D eigenvalue weighted by Gasteiger charge is 2.36. The quantitative estimate of drug-likeness (QED) is 0.333. The van der Waals surface area contributed by atoms with Gasteiger partial charge in [-0.2, -0.15) is 0 Å². The van der Waals surface area contributed by atoms with E-state index in [9.17, 15) is 9.59 Å². The Morgan fingerprint density at radius 2 is 1.68 bits per heavy atom. The van der Waals surface area contributed by atoms with Gasteiger partial charge in [0.1, 0.15) is 5.57 Å². The zero-order valence-electron chi connectivity index (χ0n) is 16.5. The van der Waals surface area contributed by atoms with Crippen molar-refractivity contribution in [2.24, 2.45) is 0 Å². The lowest BCUT2D eigenvalue weighted by atomic mass is 10.1. The van der Waals surface area contributed by atoms with Crippen molar-refractivity contribution >= 4 is 75.7 Å². The minimum atomic E-state index is -0.666. The second-order valence-corrected chi connectivity index (χ2v) is 7.80. The van der Waals surface area contributed by atoms with Crippen molar-refractivity contribution in [2.45, 2.75) is 13.8 Å². The maximum absolute atomic E-state index is 13.2. The summed E-state index contributed by atoms with van der Waals surface area (Å²) in [6, 6.07) is 7.95. The first-order valence-electron chi connectivity index (χ1n) is 9.23. The highest BCUT2D eigenvalue weighted by molar-refractivity contribution is 7.80. The zero-order chi connectivity index (χ0) is 22.7. The Bertz CT molecular complexity index is 1100. The molecule has 1 saturated heterocycles. The van der Waals surface area contributed by atoms with Gasteiger partial charge < -0.3 is 9.47 Å². The van der Waals surface area contributed by atoms with E-state index in [-0.39, 0.29) is 31.4 Å². The predicted molar refractivity (Wildman–Crippen MR) is 126 cm³/mol. The molecule has 2 amide bonds. The molecule has 0 aliphatic carbocycles. The van der Waals surface area contributed by atoms with Gasteiger partial charge in [-0.25, -0.2) is 0 Å². The molecule has 0 bridgehead atoms. The Labute approximate surface area is 199 Å². The number of halogens is 3. The average Bonchev–Trinajstić information content (AvgIpc) is 2.71. The number of rotatable bonds is 6.